The molecule has 0 amide bonds. The van der Waals surface area contributed by atoms with E-state index in [4.69, 9.17) is 14.5 Å². The Balaban J connectivity index is 0.00000161. The van der Waals surface area contributed by atoms with Gasteiger partial charge in [-0.1, -0.05) is 0 Å². The molecule has 1 aromatic heterocycles. The second kappa shape index (κ2) is 7.00. The van der Waals surface area contributed by atoms with Crippen LogP contribution in [0.2, 0.25) is 0 Å². The monoisotopic (exact) mass is 326 g/mol. The molecule has 0 spiro atoms. The molecule has 0 aliphatic carbocycles. The number of aromatic nitrogens is 1. The van der Waals surface area contributed by atoms with Crippen LogP contribution < -0.4 is 14.4 Å². The third-order valence-electron chi connectivity index (χ3n) is 3.55. The van der Waals surface area contributed by atoms with E-state index in [1.165, 1.54) is 12.8 Å². The lowest BCUT2D eigenvalue weighted by molar-refractivity contribution is 0.355. The Morgan fingerprint density at radius 1 is 1.10 bits per heavy atom. The molecule has 1 saturated heterocycles. The number of thiazole rings is 1. The number of hydrogen-bond donors (Lipinski definition) is 0. The molecule has 0 bridgehead atoms. The summed E-state index contributed by atoms with van der Waals surface area (Å²) in [6.45, 7) is 2.25. The first-order valence-corrected chi connectivity index (χ1v) is 7.62. The average molecular weight is 327 g/mol. The fraction of sp³-hybridized carbons (Fsp3) is 0.400. The highest BCUT2D eigenvalue weighted by Crippen LogP contribution is 2.34. The van der Waals surface area contributed by atoms with E-state index in [1.807, 2.05) is 18.2 Å². The van der Waals surface area contributed by atoms with Gasteiger partial charge < -0.3 is 14.4 Å². The summed E-state index contributed by atoms with van der Waals surface area (Å²) in [6.07, 6.45) is 2.54. The summed E-state index contributed by atoms with van der Waals surface area (Å²) in [4.78, 5) is 7.10. The average Bonchev–Trinajstić information content (AvgIpc) is 3.16. The predicted molar refractivity (Wildman–Crippen MR) is 89.3 cm³/mol. The smallest absolute Gasteiger partial charge is 0.185 e. The highest BCUT2D eigenvalue weighted by Gasteiger charge is 2.16. The molecule has 0 saturated carbocycles. The van der Waals surface area contributed by atoms with E-state index in [1.54, 1.807) is 25.6 Å². The molecule has 0 unspecified atom stereocenters. The number of rotatable bonds is 4. The van der Waals surface area contributed by atoms with Crippen LogP contribution in [0.25, 0.3) is 11.3 Å². The SMILES string of the molecule is COc1ccc(-c2csc(N3CCCC3)n2)cc1OC.Cl. The Kier molecular flexibility index (Phi) is 5.31. The molecule has 114 valence electrons. The molecule has 6 heteroatoms. The summed E-state index contributed by atoms with van der Waals surface area (Å²) in [5, 5.41) is 3.22. The highest BCUT2D eigenvalue weighted by atomic mass is 35.5. The Morgan fingerprint density at radius 2 is 1.81 bits per heavy atom. The van der Waals surface area contributed by atoms with Gasteiger partial charge in [0.2, 0.25) is 0 Å². The minimum Gasteiger partial charge on any atom is -0.493 e. The van der Waals surface area contributed by atoms with Crippen molar-refractivity contribution in [1.82, 2.24) is 4.98 Å². The lowest BCUT2D eigenvalue weighted by atomic mass is 10.1. The number of methoxy groups -OCH3 is 2. The number of hydrogen-bond acceptors (Lipinski definition) is 5. The molecule has 2 heterocycles. The van der Waals surface area contributed by atoms with Gasteiger partial charge in [-0.3, -0.25) is 0 Å². The minimum atomic E-state index is 0. The van der Waals surface area contributed by atoms with Gasteiger partial charge in [0, 0.05) is 24.0 Å². The van der Waals surface area contributed by atoms with Gasteiger partial charge >= 0.3 is 0 Å². The molecule has 0 N–H and O–H groups in total. The number of anilines is 1. The van der Waals surface area contributed by atoms with E-state index in [0.717, 1.165) is 41.0 Å². The molecule has 0 radical (unpaired) electrons. The molecule has 1 aliphatic heterocycles. The third kappa shape index (κ3) is 3.24. The molecule has 1 aromatic carbocycles. The maximum atomic E-state index is 5.35. The van der Waals surface area contributed by atoms with Crippen molar-refractivity contribution < 1.29 is 9.47 Å². The molecule has 0 atom stereocenters. The lowest BCUT2D eigenvalue weighted by Crippen LogP contribution is -2.17. The van der Waals surface area contributed by atoms with Gasteiger partial charge in [0.15, 0.2) is 16.6 Å². The summed E-state index contributed by atoms with van der Waals surface area (Å²) in [5.41, 5.74) is 2.06. The fourth-order valence-corrected chi connectivity index (χ4v) is 3.33. The molecular formula is C15H19ClN2O2S. The minimum absolute atomic E-state index is 0. The maximum absolute atomic E-state index is 5.35. The molecule has 2 aromatic rings. The van der Waals surface area contributed by atoms with Crippen LogP contribution >= 0.6 is 23.7 Å². The lowest BCUT2D eigenvalue weighted by Gasteiger charge is -2.12. The summed E-state index contributed by atoms with van der Waals surface area (Å²) in [5.74, 6) is 1.48. The Morgan fingerprint density at radius 3 is 2.48 bits per heavy atom. The number of ether oxygens (including phenoxy) is 2. The van der Waals surface area contributed by atoms with Crippen LogP contribution in [-0.2, 0) is 0 Å². The Hall–Kier alpha value is -1.46. The van der Waals surface area contributed by atoms with E-state index in [2.05, 4.69) is 10.3 Å². The molecule has 3 rings (SSSR count). The molecular weight excluding hydrogens is 308 g/mol. The van der Waals surface area contributed by atoms with Gasteiger partial charge in [-0.2, -0.15) is 0 Å². The van der Waals surface area contributed by atoms with Crippen LogP contribution in [0.3, 0.4) is 0 Å². The largest absolute Gasteiger partial charge is 0.493 e. The maximum Gasteiger partial charge on any atom is 0.185 e. The Bertz CT molecular complexity index is 597. The van der Waals surface area contributed by atoms with Crippen LogP contribution in [-0.4, -0.2) is 32.3 Å². The van der Waals surface area contributed by atoms with Gasteiger partial charge in [-0.25, -0.2) is 4.98 Å². The number of nitrogens with zero attached hydrogens (tertiary/aromatic N) is 2. The van der Waals surface area contributed by atoms with Gasteiger partial charge in [0.05, 0.1) is 19.9 Å². The summed E-state index contributed by atoms with van der Waals surface area (Å²) < 4.78 is 10.6. The number of halogens is 1. The van der Waals surface area contributed by atoms with Crippen LogP contribution in [0.15, 0.2) is 23.6 Å². The van der Waals surface area contributed by atoms with Gasteiger partial charge in [0.1, 0.15) is 0 Å². The van der Waals surface area contributed by atoms with Crippen molar-refractivity contribution in [2.75, 3.05) is 32.2 Å². The molecule has 1 aliphatic rings. The predicted octanol–water partition coefficient (Wildman–Crippen LogP) is 3.85. The summed E-state index contributed by atoms with van der Waals surface area (Å²) in [6, 6.07) is 5.91. The zero-order valence-corrected chi connectivity index (χ0v) is 13.8. The van der Waals surface area contributed by atoms with Crippen LogP contribution in [0, 0.1) is 0 Å². The van der Waals surface area contributed by atoms with Gasteiger partial charge in [-0.05, 0) is 31.0 Å². The van der Waals surface area contributed by atoms with E-state index in [0.29, 0.717) is 0 Å². The standard InChI is InChI=1S/C15H18N2O2S.ClH/c1-18-13-6-5-11(9-14(13)19-2)12-10-20-15(16-12)17-7-3-4-8-17;/h5-6,9-10H,3-4,7-8H2,1-2H3;1H. The van der Waals surface area contributed by atoms with Crippen molar-refractivity contribution in [3.63, 3.8) is 0 Å². The first kappa shape index (κ1) is 15.9. The second-order valence-corrected chi connectivity index (χ2v) is 5.62. The normalized spacial score (nSPS) is 13.9. The summed E-state index contributed by atoms with van der Waals surface area (Å²) in [7, 11) is 3.30. The van der Waals surface area contributed by atoms with Crippen LogP contribution in [0.1, 0.15) is 12.8 Å². The number of benzene rings is 1. The summed E-state index contributed by atoms with van der Waals surface area (Å²) >= 11 is 1.71. The van der Waals surface area contributed by atoms with Crippen molar-refractivity contribution in [3.8, 4) is 22.8 Å². The van der Waals surface area contributed by atoms with Crippen molar-refractivity contribution in [2.24, 2.45) is 0 Å². The van der Waals surface area contributed by atoms with E-state index < -0.39 is 0 Å². The first-order chi connectivity index (χ1) is 9.81. The highest BCUT2D eigenvalue weighted by molar-refractivity contribution is 7.14. The van der Waals surface area contributed by atoms with E-state index in [-0.39, 0.29) is 12.4 Å². The topological polar surface area (TPSA) is 34.6 Å². The van der Waals surface area contributed by atoms with Gasteiger partial charge in [-0.15, -0.1) is 23.7 Å². The van der Waals surface area contributed by atoms with E-state index >= 15 is 0 Å². The molecule has 1 fully saturated rings. The Labute approximate surface area is 135 Å². The third-order valence-corrected chi connectivity index (χ3v) is 4.45. The zero-order valence-electron chi connectivity index (χ0n) is 12.2. The second-order valence-electron chi connectivity index (χ2n) is 4.78. The van der Waals surface area contributed by atoms with Crippen molar-refractivity contribution in [2.45, 2.75) is 12.8 Å². The van der Waals surface area contributed by atoms with Crippen LogP contribution in [0.5, 0.6) is 11.5 Å². The molecule has 21 heavy (non-hydrogen) atoms. The van der Waals surface area contributed by atoms with Crippen molar-refractivity contribution in [1.29, 1.82) is 0 Å². The zero-order chi connectivity index (χ0) is 13.9. The molecule has 4 nitrogen and oxygen atoms in total. The fourth-order valence-electron chi connectivity index (χ4n) is 2.45. The first-order valence-electron chi connectivity index (χ1n) is 6.74. The van der Waals surface area contributed by atoms with Crippen molar-refractivity contribution >= 4 is 28.9 Å². The van der Waals surface area contributed by atoms with Crippen LogP contribution in [0.4, 0.5) is 5.13 Å². The quantitative estimate of drug-likeness (QED) is 0.854. The van der Waals surface area contributed by atoms with Crippen molar-refractivity contribution in [3.05, 3.63) is 23.6 Å². The van der Waals surface area contributed by atoms with Gasteiger partial charge in [0.25, 0.3) is 0 Å². The van der Waals surface area contributed by atoms with E-state index in [9.17, 15) is 0 Å².